The monoisotopic (exact) mass is 355 g/mol. The number of hydrogen-bond donors (Lipinski definition) is 1. The van der Waals surface area contributed by atoms with Gasteiger partial charge in [0.15, 0.2) is 17.6 Å². The van der Waals surface area contributed by atoms with Crippen LogP contribution >= 0.6 is 0 Å². The van der Waals surface area contributed by atoms with E-state index in [2.05, 4.69) is 5.32 Å². The van der Waals surface area contributed by atoms with Gasteiger partial charge in [-0.3, -0.25) is 4.79 Å². The molecule has 1 N–H and O–H groups in total. The fraction of sp³-hybridized carbons (Fsp3) is 0.300. The zero-order chi connectivity index (χ0) is 18.5. The van der Waals surface area contributed by atoms with Gasteiger partial charge in [0.2, 0.25) is 6.79 Å². The third-order valence-corrected chi connectivity index (χ3v) is 4.21. The molecule has 3 rings (SSSR count). The molecule has 0 aromatic heterocycles. The van der Waals surface area contributed by atoms with Gasteiger partial charge < -0.3 is 19.5 Å². The topological polar surface area (TPSA) is 73.9 Å². The van der Waals surface area contributed by atoms with Gasteiger partial charge in [-0.05, 0) is 36.6 Å². The van der Waals surface area contributed by atoms with E-state index in [1.807, 2.05) is 37.3 Å². The van der Waals surface area contributed by atoms with Crippen molar-refractivity contribution in [3.05, 3.63) is 59.7 Å². The minimum atomic E-state index is -0.893. The second-order valence-corrected chi connectivity index (χ2v) is 6.17. The molecule has 0 radical (unpaired) electrons. The van der Waals surface area contributed by atoms with Gasteiger partial charge in [-0.25, -0.2) is 4.79 Å². The lowest BCUT2D eigenvalue weighted by molar-refractivity contribution is -0.129. The highest BCUT2D eigenvalue weighted by Crippen LogP contribution is 2.32. The summed E-state index contributed by atoms with van der Waals surface area (Å²) < 4.78 is 15.7. The molecular weight excluding hydrogens is 334 g/mol. The van der Waals surface area contributed by atoms with Crippen LogP contribution in [0.5, 0.6) is 11.5 Å². The van der Waals surface area contributed by atoms with Crippen molar-refractivity contribution in [2.24, 2.45) is 0 Å². The molecule has 2 atom stereocenters. The summed E-state index contributed by atoms with van der Waals surface area (Å²) in [5.41, 5.74) is 1.45. The average molecular weight is 355 g/mol. The zero-order valence-corrected chi connectivity index (χ0v) is 14.7. The first-order chi connectivity index (χ1) is 12.5. The van der Waals surface area contributed by atoms with E-state index in [0.29, 0.717) is 23.6 Å². The first-order valence-corrected chi connectivity index (χ1v) is 8.48. The Morgan fingerprint density at radius 1 is 1.08 bits per heavy atom. The van der Waals surface area contributed by atoms with Crippen LogP contribution in [0.4, 0.5) is 0 Å². The summed E-state index contributed by atoms with van der Waals surface area (Å²) in [6.07, 6.45) is -0.893. The highest BCUT2D eigenvalue weighted by molar-refractivity contribution is 5.92. The lowest BCUT2D eigenvalue weighted by atomic mass is 10.0. The summed E-state index contributed by atoms with van der Waals surface area (Å²) in [4.78, 5) is 24.4. The van der Waals surface area contributed by atoms with E-state index in [-0.39, 0.29) is 18.6 Å². The van der Waals surface area contributed by atoms with E-state index in [0.717, 1.165) is 5.56 Å². The molecule has 0 saturated heterocycles. The molecule has 136 valence electrons. The first kappa shape index (κ1) is 17.8. The maximum atomic E-state index is 12.2. The van der Waals surface area contributed by atoms with Crippen LogP contribution in [0.3, 0.4) is 0 Å². The van der Waals surface area contributed by atoms with Crippen LogP contribution in [-0.4, -0.2) is 31.3 Å². The predicted octanol–water partition coefficient (Wildman–Crippen LogP) is 2.88. The van der Waals surface area contributed by atoms with E-state index in [1.165, 1.54) is 0 Å². The number of hydrogen-bond acceptors (Lipinski definition) is 5. The van der Waals surface area contributed by atoms with Crippen molar-refractivity contribution in [3.8, 4) is 11.5 Å². The second kappa shape index (κ2) is 7.91. The maximum absolute atomic E-state index is 12.2. The van der Waals surface area contributed by atoms with Crippen LogP contribution in [-0.2, 0) is 9.53 Å². The third kappa shape index (κ3) is 4.14. The average Bonchev–Trinajstić information content (AvgIpc) is 3.14. The summed E-state index contributed by atoms with van der Waals surface area (Å²) in [7, 11) is 0. The molecule has 0 spiro atoms. The SMILES string of the molecule is C[C@H](OC(=O)c1ccc2c(c1)OCO2)C(=O)NC[C@H](C)c1ccccc1. The normalized spacial score (nSPS) is 14.4. The van der Waals surface area contributed by atoms with Crippen molar-refractivity contribution in [3.63, 3.8) is 0 Å². The Morgan fingerprint density at radius 2 is 1.81 bits per heavy atom. The standard InChI is InChI=1S/C20H21NO5/c1-13(15-6-4-3-5-7-15)11-21-19(22)14(2)26-20(23)16-8-9-17-18(10-16)25-12-24-17/h3-10,13-14H,11-12H2,1-2H3,(H,21,22)/t13-,14-/m0/s1. The summed E-state index contributed by atoms with van der Waals surface area (Å²) in [6.45, 7) is 4.17. The largest absolute Gasteiger partial charge is 0.454 e. The molecule has 1 aliphatic heterocycles. The summed E-state index contributed by atoms with van der Waals surface area (Å²) in [5.74, 6) is 0.330. The van der Waals surface area contributed by atoms with Gasteiger partial charge in [0, 0.05) is 6.54 Å². The van der Waals surface area contributed by atoms with Gasteiger partial charge in [-0.15, -0.1) is 0 Å². The molecule has 0 bridgehead atoms. The minimum Gasteiger partial charge on any atom is -0.454 e. The van der Waals surface area contributed by atoms with Crippen LogP contribution < -0.4 is 14.8 Å². The minimum absolute atomic E-state index is 0.131. The predicted molar refractivity (Wildman–Crippen MR) is 95.3 cm³/mol. The number of rotatable bonds is 6. The highest BCUT2D eigenvalue weighted by atomic mass is 16.7. The Labute approximate surface area is 152 Å². The summed E-state index contributed by atoms with van der Waals surface area (Å²) in [6, 6.07) is 14.7. The third-order valence-electron chi connectivity index (χ3n) is 4.21. The van der Waals surface area contributed by atoms with Gasteiger partial charge in [-0.1, -0.05) is 37.3 Å². The van der Waals surface area contributed by atoms with Gasteiger partial charge in [0.1, 0.15) is 0 Å². The Balaban J connectivity index is 1.51. The van der Waals surface area contributed by atoms with Crippen molar-refractivity contribution in [2.45, 2.75) is 25.9 Å². The number of nitrogens with one attached hydrogen (secondary N) is 1. The molecule has 26 heavy (non-hydrogen) atoms. The fourth-order valence-corrected chi connectivity index (χ4v) is 2.60. The molecule has 6 heteroatoms. The van der Waals surface area contributed by atoms with Crippen molar-refractivity contribution in [1.29, 1.82) is 0 Å². The molecule has 0 unspecified atom stereocenters. The van der Waals surface area contributed by atoms with E-state index in [9.17, 15) is 9.59 Å². The molecule has 0 saturated carbocycles. The molecule has 2 aromatic carbocycles. The number of ether oxygens (including phenoxy) is 3. The van der Waals surface area contributed by atoms with E-state index in [1.54, 1.807) is 25.1 Å². The molecule has 0 fully saturated rings. The molecule has 1 heterocycles. The van der Waals surface area contributed by atoms with Gasteiger partial charge in [0.05, 0.1) is 5.56 Å². The highest BCUT2D eigenvalue weighted by Gasteiger charge is 2.22. The van der Waals surface area contributed by atoms with Crippen LogP contribution in [0.15, 0.2) is 48.5 Å². The summed E-state index contributed by atoms with van der Waals surface area (Å²) in [5, 5.41) is 2.82. The lowest BCUT2D eigenvalue weighted by Crippen LogP contribution is -2.37. The Morgan fingerprint density at radius 3 is 2.58 bits per heavy atom. The number of fused-ring (bicyclic) bond motifs is 1. The summed E-state index contributed by atoms with van der Waals surface area (Å²) >= 11 is 0. The smallest absolute Gasteiger partial charge is 0.339 e. The van der Waals surface area contributed by atoms with Gasteiger partial charge in [-0.2, -0.15) is 0 Å². The number of benzene rings is 2. The Kier molecular flexibility index (Phi) is 5.41. The lowest BCUT2D eigenvalue weighted by Gasteiger charge is -2.16. The number of carbonyl (C=O) groups is 2. The molecule has 2 aromatic rings. The van der Waals surface area contributed by atoms with Crippen molar-refractivity contribution >= 4 is 11.9 Å². The van der Waals surface area contributed by atoms with Crippen molar-refractivity contribution in [2.75, 3.05) is 13.3 Å². The van der Waals surface area contributed by atoms with Gasteiger partial charge >= 0.3 is 5.97 Å². The molecule has 1 amide bonds. The van der Waals surface area contributed by atoms with E-state index < -0.39 is 12.1 Å². The Hall–Kier alpha value is -3.02. The molecular formula is C20H21NO5. The molecule has 0 aliphatic carbocycles. The van der Waals surface area contributed by atoms with Crippen molar-refractivity contribution < 1.29 is 23.8 Å². The van der Waals surface area contributed by atoms with Crippen LogP contribution in [0.1, 0.15) is 35.7 Å². The zero-order valence-electron chi connectivity index (χ0n) is 14.7. The van der Waals surface area contributed by atoms with E-state index in [4.69, 9.17) is 14.2 Å². The second-order valence-electron chi connectivity index (χ2n) is 6.17. The van der Waals surface area contributed by atoms with Crippen molar-refractivity contribution in [1.82, 2.24) is 5.32 Å². The van der Waals surface area contributed by atoms with Crippen LogP contribution in [0, 0.1) is 0 Å². The molecule has 6 nitrogen and oxygen atoms in total. The van der Waals surface area contributed by atoms with Crippen LogP contribution in [0.2, 0.25) is 0 Å². The molecule has 1 aliphatic rings. The number of amides is 1. The first-order valence-electron chi connectivity index (χ1n) is 8.48. The van der Waals surface area contributed by atoms with Gasteiger partial charge in [0.25, 0.3) is 5.91 Å². The maximum Gasteiger partial charge on any atom is 0.339 e. The number of carbonyl (C=O) groups excluding carboxylic acids is 2. The van der Waals surface area contributed by atoms with Crippen LogP contribution in [0.25, 0.3) is 0 Å². The fourth-order valence-electron chi connectivity index (χ4n) is 2.60. The van der Waals surface area contributed by atoms with E-state index >= 15 is 0 Å². The quantitative estimate of drug-likeness (QED) is 0.807. The Bertz CT molecular complexity index is 790. The number of esters is 1.